The van der Waals surface area contributed by atoms with E-state index in [4.69, 9.17) is 5.73 Å². The molecule has 2 aliphatic rings. The van der Waals surface area contributed by atoms with Crippen LogP contribution in [0, 0.1) is 22.0 Å². The standard InChI is InChI=1S/C19H28N4O3/c1-14-4-8-21(9-5-14)17-3-2-16(12-18(17)23(25)26)19(24)22-10-6-15(13-20)7-11-22/h2-3,12,14-15H,4-11,13,20H2,1H3. The molecular formula is C19H28N4O3. The van der Waals surface area contributed by atoms with Crippen molar-refractivity contribution in [1.82, 2.24) is 4.90 Å². The quantitative estimate of drug-likeness (QED) is 0.658. The topological polar surface area (TPSA) is 92.7 Å². The Morgan fingerprint density at radius 3 is 2.42 bits per heavy atom. The highest BCUT2D eigenvalue weighted by molar-refractivity contribution is 5.96. The normalized spacial score (nSPS) is 19.6. The Balaban J connectivity index is 1.78. The first-order chi connectivity index (χ1) is 12.5. The fourth-order valence-corrected chi connectivity index (χ4v) is 3.87. The van der Waals surface area contributed by atoms with Crippen molar-refractivity contribution >= 4 is 17.3 Å². The summed E-state index contributed by atoms with van der Waals surface area (Å²) in [4.78, 5) is 27.8. The maximum atomic E-state index is 12.8. The average molecular weight is 360 g/mol. The Bertz CT molecular complexity index is 663. The van der Waals surface area contributed by atoms with Crippen LogP contribution in [-0.2, 0) is 0 Å². The summed E-state index contributed by atoms with van der Waals surface area (Å²) in [6, 6.07) is 4.93. The highest BCUT2D eigenvalue weighted by Gasteiger charge is 2.27. The molecule has 2 N–H and O–H groups in total. The van der Waals surface area contributed by atoms with Crippen molar-refractivity contribution < 1.29 is 9.72 Å². The number of anilines is 1. The molecule has 2 heterocycles. The van der Waals surface area contributed by atoms with Gasteiger partial charge in [-0.1, -0.05) is 6.92 Å². The van der Waals surface area contributed by atoms with Crippen LogP contribution in [0.3, 0.4) is 0 Å². The van der Waals surface area contributed by atoms with E-state index < -0.39 is 0 Å². The second-order valence-corrected chi connectivity index (χ2v) is 7.60. The molecule has 0 saturated carbocycles. The van der Waals surface area contributed by atoms with Crippen LogP contribution in [-0.4, -0.2) is 48.5 Å². The second-order valence-electron chi connectivity index (χ2n) is 7.60. The Labute approximate surface area is 154 Å². The van der Waals surface area contributed by atoms with Crippen molar-refractivity contribution in [2.24, 2.45) is 17.6 Å². The van der Waals surface area contributed by atoms with Crippen LogP contribution >= 0.6 is 0 Å². The lowest BCUT2D eigenvalue weighted by molar-refractivity contribution is -0.384. The van der Waals surface area contributed by atoms with Gasteiger partial charge in [-0.05, 0) is 56.2 Å². The maximum absolute atomic E-state index is 12.8. The lowest BCUT2D eigenvalue weighted by Crippen LogP contribution is -2.40. The van der Waals surface area contributed by atoms with Gasteiger partial charge in [0, 0.05) is 37.8 Å². The van der Waals surface area contributed by atoms with Crippen molar-refractivity contribution in [3.8, 4) is 0 Å². The summed E-state index contributed by atoms with van der Waals surface area (Å²) >= 11 is 0. The molecule has 0 unspecified atom stereocenters. The molecule has 0 radical (unpaired) electrons. The Hall–Kier alpha value is -2.15. The molecule has 0 aromatic heterocycles. The molecule has 7 nitrogen and oxygen atoms in total. The van der Waals surface area contributed by atoms with Crippen LogP contribution in [0.1, 0.15) is 43.0 Å². The number of piperidine rings is 2. The molecule has 142 valence electrons. The lowest BCUT2D eigenvalue weighted by atomic mass is 9.96. The number of rotatable bonds is 4. The van der Waals surface area contributed by atoms with Gasteiger partial charge in [0.05, 0.1) is 4.92 Å². The Morgan fingerprint density at radius 2 is 1.85 bits per heavy atom. The minimum absolute atomic E-state index is 0.0299. The average Bonchev–Trinajstić information content (AvgIpc) is 2.67. The van der Waals surface area contributed by atoms with E-state index in [0.717, 1.165) is 38.8 Å². The highest BCUT2D eigenvalue weighted by atomic mass is 16.6. The number of nitrogens with zero attached hydrogens (tertiary/aromatic N) is 3. The lowest BCUT2D eigenvalue weighted by Gasteiger charge is -2.32. The number of likely N-dealkylation sites (tertiary alicyclic amines) is 1. The van der Waals surface area contributed by atoms with Crippen molar-refractivity contribution in [1.29, 1.82) is 0 Å². The molecule has 0 spiro atoms. The molecule has 7 heteroatoms. The third kappa shape index (κ3) is 3.98. The Morgan fingerprint density at radius 1 is 1.19 bits per heavy atom. The van der Waals surface area contributed by atoms with E-state index in [2.05, 4.69) is 11.8 Å². The minimum Gasteiger partial charge on any atom is -0.366 e. The van der Waals surface area contributed by atoms with Gasteiger partial charge in [-0.25, -0.2) is 0 Å². The molecule has 26 heavy (non-hydrogen) atoms. The molecular weight excluding hydrogens is 332 g/mol. The summed E-state index contributed by atoms with van der Waals surface area (Å²) in [5, 5.41) is 11.6. The van der Waals surface area contributed by atoms with E-state index in [-0.39, 0.29) is 16.5 Å². The number of benzene rings is 1. The van der Waals surface area contributed by atoms with Gasteiger partial charge < -0.3 is 15.5 Å². The number of carbonyl (C=O) groups excluding carboxylic acids is 1. The predicted octanol–water partition coefficient (Wildman–Crippen LogP) is 2.64. The number of hydrogen-bond donors (Lipinski definition) is 1. The highest BCUT2D eigenvalue weighted by Crippen LogP contribution is 2.33. The van der Waals surface area contributed by atoms with Gasteiger partial charge in [0.1, 0.15) is 5.69 Å². The zero-order valence-electron chi connectivity index (χ0n) is 15.4. The molecule has 2 fully saturated rings. The minimum atomic E-state index is -0.370. The summed E-state index contributed by atoms with van der Waals surface area (Å²) < 4.78 is 0. The summed E-state index contributed by atoms with van der Waals surface area (Å²) in [5.41, 5.74) is 6.76. The van der Waals surface area contributed by atoms with Gasteiger partial charge in [-0.3, -0.25) is 14.9 Å². The molecule has 1 aromatic carbocycles. The summed E-state index contributed by atoms with van der Waals surface area (Å²) in [7, 11) is 0. The fraction of sp³-hybridized carbons (Fsp3) is 0.632. The van der Waals surface area contributed by atoms with Gasteiger partial charge in [0.25, 0.3) is 11.6 Å². The maximum Gasteiger partial charge on any atom is 0.293 e. The molecule has 2 saturated heterocycles. The number of hydrogen-bond acceptors (Lipinski definition) is 5. The van der Waals surface area contributed by atoms with E-state index in [9.17, 15) is 14.9 Å². The van der Waals surface area contributed by atoms with Crippen LogP contribution in [0.4, 0.5) is 11.4 Å². The SMILES string of the molecule is CC1CCN(c2ccc(C(=O)N3CCC(CN)CC3)cc2[N+](=O)[O-])CC1. The first-order valence-electron chi connectivity index (χ1n) is 9.52. The van der Waals surface area contributed by atoms with E-state index in [1.54, 1.807) is 17.0 Å². The molecule has 0 bridgehead atoms. The van der Waals surface area contributed by atoms with Crippen LogP contribution in [0.15, 0.2) is 18.2 Å². The third-order valence-corrected chi connectivity index (χ3v) is 5.78. The van der Waals surface area contributed by atoms with Crippen molar-refractivity contribution in [2.45, 2.75) is 32.6 Å². The van der Waals surface area contributed by atoms with Gasteiger partial charge in [-0.2, -0.15) is 0 Å². The van der Waals surface area contributed by atoms with Crippen LogP contribution in [0.5, 0.6) is 0 Å². The Kier molecular flexibility index (Phi) is 5.76. The van der Waals surface area contributed by atoms with E-state index >= 15 is 0 Å². The van der Waals surface area contributed by atoms with E-state index in [0.29, 0.717) is 42.7 Å². The molecule has 1 amide bonds. The second kappa shape index (κ2) is 8.03. The van der Waals surface area contributed by atoms with Crippen LogP contribution in [0.25, 0.3) is 0 Å². The summed E-state index contributed by atoms with van der Waals surface area (Å²) in [6.07, 6.45) is 3.87. The number of nitro groups is 1. The summed E-state index contributed by atoms with van der Waals surface area (Å²) in [5.74, 6) is 1.00. The molecule has 3 rings (SSSR count). The van der Waals surface area contributed by atoms with E-state index in [1.807, 2.05) is 0 Å². The molecule has 0 aliphatic carbocycles. The zero-order valence-corrected chi connectivity index (χ0v) is 15.4. The van der Waals surface area contributed by atoms with Gasteiger partial charge in [0.2, 0.25) is 0 Å². The van der Waals surface area contributed by atoms with Crippen molar-refractivity contribution in [2.75, 3.05) is 37.6 Å². The molecule has 2 aliphatic heterocycles. The summed E-state index contributed by atoms with van der Waals surface area (Å²) in [6.45, 7) is 5.84. The number of carbonyl (C=O) groups is 1. The van der Waals surface area contributed by atoms with Crippen LogP contribution < -0.4 is 10.6 Å². The zero-order chi connectivity index (χ0) is 18.7. The van der Waals surface area contributed by atoms with Gasteiger partial charge in [0.15, 0.2) is 0 Å². The predicted molar refractivity (Wildman–Crippen MR) is 101 cm³/mol. The van der Waals surface area contributed by atoms with E-state index in [1.165, 1.54) is 6.07 Å². The van der Waals surface area contributed by atoms with Crippen molar-refractivity contribution in [3.63, 3.8) is 0 Å². The van der Waals surface area contributed by atoms with Crippen LogP contribution in [0.2, 0.25) is 0 Å². The van der Waals surface area contributed by atoms with Crippen molar-refractivity contribution in [3.05, 3.63) is 33.9 Å². The monoisotopic (exact) mass is 360 g/mol. The first-order valence-corrected chi connectivity index (χ1v) is 9.52. The molecule has 1 aromatic rings. The number of nitrogens with two attached hydrogens (primary N) is 1. The molecule has 0 atom stereocenters. The van der Waals surface area contributed by atoms with Gasteiger partial charge >= 0.3 is 0 Å². The third-order valence-electron chi connectivity index (χ3n) is 5.78. The number of amides is 1. The number of nitro benzene ring substituents is 1. The fourth-order valence-electron chi connectivity index (χ4n) is 3.87. The smallest absolute Gasteiger partial charge is 0.293 e. The largest absolute Gasteiger partial charge is 0.366 e. The first kappa shape index (κ1) is 18.6. The van der Waals surface area contributed by atoms with Gasteiger partial charge in [-0.15, -0.1) is 0 Å².